The summed E-state index contributed by atoms with van der Waals surface area (Å²) >= 11 is 0. The number of aryl methyl sites for hydroxylation is 1. The lowest BCUT2D eigenvalue weighted by molar-refractivity contribution is -0.180. The molecule has 0 saturated carbocycles. The zero-order valence-corrected chi connectivity index (χ0v) is 9.78. The molecule has 6 nitrogen and oxygen atoms in total. The molecular formula is C11H16N2O4. The second-order valence-electron chi connectivity index (χ2n) is 4.40. The van der Waals surface area contributed by atoms with Gasteiger partial charge in [0.25, 0.3) is 0 Å². The third-order valence-corrected chi connectivity index (χ3v) is 3.06. The van der Waals surface area contributed by atoms with Crippen LogP contribution in [0.25, 0.3) is 0 Å². The Labute approximate surface area is 98.5 Å². The lowest BCUT2D eigenvalue weighted by Crippen LogP contribution is -2.48. The van der Waals surface area contributed by atoms with Crippen molar-refractivity contribution in [3.05, 3.63) is 28.4 Å². The van der Waals surface area contributed by atoms with E-state index in [-0.39, 0.29) is 12.5 Å². The van der Waals surface area contributed by atoms with E-state index in [1.54, 1.807) is 26.1 Å². The van der Waals surface area contributed by atoms with Crippen molar-refractivity contribution in [1.82, 2.24) is 9.55 Å². The molecule has 1 aromatic heterocycles. The molecule has 4 atom stereocenters. The van der Waals surface area contributed by atoms with Crippen molar-refractivity contribution >= 4 is 0 Å². The summed E-state index contributed by atoms with van der Waals surface area (Å²) in [6, 6.07) is 1.70. The Balaban J connectivity index is 2.31. The Kier molecular flexibility index (Phi) is 3.28. The number of nitrogens with zero attached hydrogens (tertiary/aromatic N) is 2. The van der Waals surface area contributed by atoms with Gasteiger partial charge >= 0.3 is 5.69 Å². The third kappa shape index (κ3) is 2.24. The average Bonchev–Trinajstić information content (AvgIpc) is 2.28. The molecule has 17 heavy (non-hydrogen) atoms. The molecule has 0 aromatic carbocycles. The third-order valence-electron chi connectivity index (χ3n) is 3.06. The van der Waals surface area contributed by atoms with Crippen LogP contribution in [0.3, 0.4) is 0 Å². The zero-order valence-electron chi connectivity index (χ0n) is 9.78. The van der Waals surface area contributed by atoms with Crippen LogP contribution in [0.5, 0.6) is 0 Å². The van der Waals surface area contributed by atoms with Crippen molar-refractivity contribution in [2.75, 3.05) is 6.61 Å². The molecule has 1 fully saturated rings. The van der Waals surface area contributed by atoms with Gasteiger partial charge in [0.15, 0.2) is 0 Å². The first-order chi connectivity index (χ1) is 8.00. The van der Waals surface area contributed by atoms with Crippen molar-refractivity contribution in [3.63, 3.8) is 0 Å². The summed E-state index contributed by atoms with van der Waals surface area (Å²) in [4.78, 5) is 15.5. The molecule has 0 spiro atoms. The Morgan fingerprint density at radius 1 is 1.53 bits per heavy atom. The van der Waals surface area contributed by atoms with E-state index < -0.39 is 24.1 Å². The minimum Gasteiger partial charge on any atom is -0.390 e. The van der Waals surface area contributed by atoms with Gasteiger partial charge in [0, 0.05) is 17.8 Å². The molecule has 0 bridgehead atoms. The Hall–Kier alpha value is -1.24. The first-order valence-electron chi connectivity index (χ1n) is 5.54. The van der Waals surface area contributed by atoms with Crippen molar-refractivity contribution < 1.29 is 14.9 Å². The highest BCUT2D eigenvalue weighted by Crippen LogP contribution is 2.28. The highest BCUT2D eigenvalue weighted by atomic mass is 16.5. The average molecular weight is 240 g/mol. The molecule has 2 rings (SSSR count). The van der Waals surface area contributed by atoms with Crippen LogP contribution in [0.2, 0.25) is 0 Å². The lowest BCUT2D eigenvalue weighted by atomic mass is 9.95. The summed E-state index contributed by atoms with van der Waals surface area (Å²) < 4.78 is 6.73. The van der Waals surface area contributed by atoms with Crippen LogP contribution in [0.4, 0.5) is 0 Å². The van der Waals surface area contributed by atoms with Gasteiger partial charge in [-0.3, -0.25) is 4.57 Å². The molecule has 1 saturated heterocycles. The van der Waals surface area contributed by atoms with E-state index in [1.807, 2.05) is 0 Å². The minimum absolute atomic E-state index is 0.0104. The van der Waals surface area contributed by atoms with Crippen LogP contribution in [-0.4, -0.2) is 38.6 Å². The molecular weight excluding hydrogens is 224 g/mol. The fourth-order valence-corrected chi connectivity index (χ4v) is 1.99. The van der Waals surface area contributed by atoms with Crippen LogP contribution in [-0.2, 0) is 4.74 Å². The molecule has 4 unspecified atom stereocenters. The molecule has 1 aliphatic rings. The molecule has 2 heterocycles. The van der Waals surface area contributed by atoms with Gasteiger partial charge in [-0.2, -0.15) is 4.98 Å². The quantitative estimate of drug-likeness (QED) is 0.687. The van der Waals surface area contributed by atoms with Crippen LogP contribution < -0.4 is 5.69 Å². The fraction of sp³-hybridized carbons (Fsp3) is 0.636. The molecule has 6 heteroatoms. The SMILES string of the molecule is Cc1ccn(C2OCC(O)C(O)C2C)c(=O)n1. The zero-order chi connectivity index (χ0) is 12.6. The second kappa shape index (κ2) is 4.56. The number of aliphatic hydroxyl groups is 2. The number of rotatable bonds is 1. The molecule has 0 aliphatic carbocycles. The standard InChI is InChI=1S/C11H16N2O4/c1-6-3-4-13(11(16)12-6)10-7(2)9(15)8(14)5-17-10/h3-4,7-10,14-15H,5H2,1-2H3. The fourth-order valence-electron chi connectivity index (χ4n) is 1.99. The summed E-state index contributed by atoms with van der Waals surface area (Å²) in [7, 11) is 0. The van der Waals surface area contributed by atoms with Gasteiger partial charge in [-0.15, -0.1) is 0 Å². The lowest BCUT2D eigenvalue weighted by Gasteiger charge is -2.36. The highest BCUT2D eigenvalue weighted by molar-refractivity contribution is 4.97. The first-order valence-corrected chi connectivity index (χ1v) is 5.54. The molecule has 0 amide bonds. The number of hydrogen-bond acceptors (Lipinski definition) is 5. The molecule has 1 aliphatic heterocycles. The van der Waals surface area contributed by atoms with Crippen LogP contribution >= 0.6 is 0 Å². The van der Waals surface area contributed by atoms with Crippen molar-refractivity contribution in [1.29, 1.82) is 0 Å². The van der Waals surface area contributed by atoms with Gasteiger partial charge in [0.2, 0.25) is 0 Å². The maximum Gasteiger partial charge on any atom is 0.349 e. The van der Waals surface area contributed by atoms with Gasteiger partial charge in [-0.05, 0) is 13.0 Å². The molecule has 2 N–H and O–H groups in total. The normalized spacial score (nSPS) is 33.6. The number of hydrogen-bond donors (Lipinski definition) is 2. The number of ether oxygens (including phenoxy) is 1. The summed E-state index contributed by atoms with van der Waals surface area (Å²) in [5.41, 5.74) is 0.223. The number of aliphatic hydroxyl groups excluding tert-OH is 2. The van der Waals surface area contributed by atoms with Gasteiger partial charge in [0.05, 0.1) is 12.7 Å². The van der Waals surface area contributed by atoms with E-state index in [1.165, 1.54) is 4.57 Å². The largest absolute Gasteiger partial charge is 0.390 e. The maximum atomic E-state index is 11.7. The summed E-state index contributed by atoms with van der Waals surface area (Å²) in [5, 5.41) is 19.2. The molecule has 1 aromatic rings. The van der Waals surface area contributed by atoms with E-state index in [0.717, 1.165) is 0 Å². The van der Waals surface area contributed by atoms with E-state index in [9.17, 15) is 15.0 Å². The monoisotopic (exact) mass is 240 g/mol. The first kappa shape index (κ1) is 12.2. The molecule has 94 valence electrons. The van der Waals surface area contributed by atoms with Crippen LogP contribution in [0.15, 0.2) is 17.1 Å². The predicted octanol–water partition coefficient (Wildman–Crippen LogP) is -0.562. The summed E-state index contributed by atoms with van der Waals surface area (Å²) in [5.74, 6) is -0.374. The smallest absolute Gasteiger partial charge is 0.349 e. The van der Waals surface area contributed by atoms with E-state index in [0.29, 0.717) is 5.69 Å². The van der Waals surface area contributed by atoms with Crippen LogP contribution in [0, 0.1) is 12.8 Å². The Morgan fingerprint density at radius 2 is 2.24 bits per heavy atom. The van der Waals surface area contributed by atoms with E-state index in [4.69, 9.17) is 4.74 Å². The maximum absolute atomic E-state index is 11.7. The number of aromatic nitrogens is 2. The van der Waals surface area contributed by atoms with Crippen molar-refractivity contribution in [3.8, 4) is 0 Å². The minimum atomic E-state index is -0.907. The summed E-state index contributed by atoms with van der Waals surface area (Å²) in [6.45, 7) is 3.47. The topological polar surface area (TPSA) is 84.6 Å². The van der Waals surface area contributed by atoms with Gasteiger partial charge in [0.1, 0.15) is 12.3 Å². The second-order valence-corrected chi connectivity index (χ2v) is 4.40. The van der Waals surface area contributed by atoms with E-state index >= 15 is 0 Å². The highest BCUT2D eigenvalue weighted by Gasteiger charge is 2.37. The summed E-state index contributed by atoms with van der Waals surface area (Å²) in [6.07, 6.45) is -0.803. The van der Waals surface area contributed by atoms with Crippen molar-refractivity contribution in [2.45, 2.75) is 32.3 Å². The van der Waals surface area contributed by atoms with Crippen molar-refractivity contribution in [2.24, 2.45) is 5.92 Å². The van der Waals surface area contributed by atoms with E-state index in [2.05, 4.69) is 4.98 Å². The van der Waals surface area contributed by atoms with Gasteiger partial charge in [-0.1, -0.05) is 6.92 Å². The Bertz CT molecular complexity index is 459. The Morgan fingerprint density at radius 3 is 2.88 bits per heavy atom. The van der Waals surface area contributed by atoms with Crippen LogP contribution in [0.1, 0.15) is 18.8 Å². The van der Waals surface area contributed by atoms with Gasteiger partial charge in [-0.25, -0.2) is 4.79 Å². The van der Waals surface area contributed by atoms with Gasteiger partial charge < -0.3 is 14.9 Å². The predicted molar refractivity (Wildman–Crippen MR) is 59.4 cm³/mol. The molecule has 0 radical (unpaired) electrons.